The molecule has 0 saturated carbocycles. The molecule has 2 aliphatic rings. The number of hydroxylamine groups is 2. The fourth-order valence-electron chi connectivity index (χ4n) is 3.70. The highest BCUT2D eigenvalue weighted by Crippen LogP contribution is 2.34. The Morgan fingerprint density at radius 3 is 2.52 bits per heavy atom. The molecule has 25 heavy (non-hydrogen) atoms. The zero-order valence-electron chi connectivity index (χ0n) is 14.4. The van der Waals surface area contributed by atoms with Gasteiger partial charge in [-0.2, -0.15) is 0 Å². The first-order valence-electron chi connectivity index (χ1n) is 8.93. The SMILES string of the molecule is O=C(ON1CCCC(Cc2ccncc2)(C(=O)O)C1)N1CCCCC1. The van der Waals surface area contributed by atoms with Gasteiger partial charge in [0.2, 0.25) is 0 Å². The normalized spacial score (nSPS) is 24.7. The Labute approximate surface area is 147 Å². The van der Waals surface area contributed by atoms with Gasteiger partial charge in [0.25, 0.3) is 0 Å². The van der Waals surface area contributed by atoms with Crippen LogP contribution >= 0.6 is 0 Å². The molecule has 1 unspecified atom stereocenters. The van der Waals surface area contributed by atoms with Crippen molar-refractivity contribution < 1.29 is 19.5 Å². The number of carbonyl (C=O) groups is 2. The molecule has 1 N–H and O–H groups in total. The van der Waals surface area contributed by atoms with E-state index in [4.69, 9.17) is 4.84 Å². The van der Waals surface area contributed by atoms with E-state index in [1.807, 2.05) is 12.1 Å². The van der Waals surface area contributed by atoms with Crippen LogP contribution in [0.5, 0.6) is 0 Å². The summed E-state index contributed by atoms with van der Waals surface area (Å²) in [5.41, 5.74) is -0.0106. The van der Waals surface area contributed by atoms with E-state index >= 15 is 0 Å². The maximum absolute atomic E-state index is 12.3. The Kier molecular flexibility index (Phi) is 5.53. The number of piperidine rings is 2. The van der Waals surface area contributed by atoms with Gasteiger partial charge in [0.1, 0.15) is 0 Å². The molecule has 1 atom stereocenters. The van der Waals surface area contributed by atoms with E-state index in [0.29, 0.717) is 38.9 Å². The van der Waals surface area contributed by atoms with Gasteiger partial charge in [-0.3, -0.25) is 9.78 Å². The summed E-state index contributed by atoms with van der Waals surface area (Å²) in [6.07, 6.45) is 7.78. The largest absolute Gasteiger partial charge is 0.481 e. The van der Waals surface area contributed by atoms with E-state index in [1.165, 1.54) is 5.06 Å². The fraction of sp³-hybridized carbons (Fsp3) is 0.611. The Bertz CT molecular complexity index is 604. The third-order valence-electron chi connectivity index (χ3n) is 5.11. The van der Waals surface area contributed by atoms with Crippen molar-refractivity contribution in [3.05, 3.63) is 30.1 Å². The summed E-state index contributed by atoms with van der Waals surface area (Å²) in [6.45, 7) is 2.22. The maximum Gasteiger partial charge on any atom is 0.428 e. The van der Waals surface area contributed by atoms with E-state index in [0.717, 1.165) is 24.8 Å². The average molecular weight is 347 g/mol. The molecule has 0 radical (unpaired) electrons. The lowest BCUT2D eigenvalue weighted by molar-refractivity contribution is -0.177. The second-order valence-corrected chi connectivity index (χ2v) is 6.99. The maximum atomic E-state index is 12.3. The second kappa shape index (κ2) is 7.82. The number of amides is 1. The van der Waals surface area contributed by atoms with E-state index in [2.05, 4.69) is 4.98 Å². The Morgan fingerprint density at radius 1 is 1.12 bits per heavy atom. The van der Waals surface area contributed by atoms with E-state index in [-0.39, 0.29) is 12.6 Å². The average Bonchev–Trinajstić information content (AvgIpc) is 2.63. The standard InChI is InChI=1S/C18H25N3O4/c22-16(23)18(13-15-5-8-19-9-6-15)7-4-12-21(14-18)25-17(24)20-10-2-1-3-11-20/h5-6,8-9H,1-4,7,10-14H2,(H,22,23). The first-order chi connectivity index (χ1) is 12.1. The van der Waals surface area contributed by atoms with Gasteiger partial charge in [-0.25, -0.2) is 4.79 Å². The molecule has 0 bridgehead atoms. The van der Waals surface area contributed by atoms with Crippen LogP contribution in [0.2, 0.25) is 0 Å². The predicted molar refractivity (Wildman–Crippen MR) is 90.7 cm³/mol. The first-order valence-corrected chi connectivity index (χ1v) is 8.93. The lowest BCUT2D eigenvalue weighted by atomic mass is 9.76. The molecule has 2 saturated heterocycles. The molecule has 2 fully saturated rings. The lowest BCUT2D eigenvalue weighted by Crippen LogP contribution is -2.51. The molecule has 1 amide bonds. The van der Waals surface area contributed by atoms with E-state index in [9.17, 15) is 14.7 Å². The summed E-state index contributed by atoms with van der Waals surface area (Å²) < 4.78 is 0. The van der Waals surface area contributed by atoms with Crippen molar-refractivity contribution in [2.45, 2.75) is 38.5 Å². The van der Waals surface area contributed by atoms with Crippen molar-refractivity contribution in [2.75, 3.05) is 26.2 Å². The number of nitrogens with zero attached hydrogens (tertiary/aromatic N) is 3. The minimum absolute atomic E-state index is 0.213. The molecule has 7 nitrogen and oxygen atoms in total. The molecule has 3 heterocycles. The number of hydrogen-bond donors (Lipinski definition) is 1. The quantitative estimate of drug-likeness (QED) is 0.900. The summed E-state index contributed by atoms with van der Waals surface area (Å²) in [4.78, 5) is 35.5. The van der Waals surface area contributed by atoms with E-state index in [1.54, 1.807) is 17.3 Å². The molecule has 136 valence electrons. The zero-order chi connectivity index (χ0) is 17.7. The molecular formula is C18H25N3O4. The van der Waals surface area contributed by atoms with Crippen LogP contribution < -0.4 is 0 Å². The molecule has 1 aromatic rings. The van der Waals surface area contributed by atoms with Crippen LogP contribution in [0.1, 0.15) is 37.7 Å². The number of pyridine rings is 1. The lowest BCUT2D eigenvalue weighted by Gasteiger charge is -2.39. The van der Waals surface area contributed by atoms with Crippen molar-refractivity contribution >= 4 is 12.1 Å². The smallest absolute Gasteiger partial charge is 0.428 e. The highest BCUT2D eigenvalue weighted by atomic mass is 16.7. The molecule has 0 aromatic carbocycles. The zero-order valence-corrected chi connectivity index (χ0v) is 14.4. The summed E-state index contributed by atoms with van der Waals surface area (Å²) in [5, 5.41) is 11.4. The summed E-state index contributed by atoms with van der Waals surface area (Å²) in [6, 6.07) is 3.67. The van der Waals surface area contributed by atoms with Crippen LogP contribution in [-0.2, 0) is 16.1 Å². The number of hydrogen-bond acceptors (Lipinski definition) is 5. The summed E-state index contributed by atoms with van der Waals surface area (Å²) in [7, 11) is 0. The first kappa shape index (κ1) is 17.7. The van der Waals surface area contributed by atoms with Crippen LogP contribution in [0.3, 0.4) is 0 Å². The van der Waals surface area contributed by atoms with E-state index < -0.39 is 11.4 Å². The highest BCUT2D eigenvalue weighted by molar-refractivity contribution is 5.75. The monoisotopic (exact) mass is 347 g/mol. The fourth-order valence-corrected chi connectivity index (χ4v) is 3.70. The second-order valence-electron chi connectivity index (χ2n) is 6.99. The van der Waals surface area contributed by atoms with Crippen LogP contribution in [0.4, 0.5) is 4.79 Å². The molecule has 2 aliphatic heterocycles. The van der Waals surface area contributed by atoms with Crippen molar-refractivity contribution in [1.29, 1.82) is 0 Å². The van der Waals surface area contributed by atoms with Crippen molar-refractivity contribution in [1.82, 2.24) is 14.9 Å². The van der Waals surface area contributed by atoms with Crippen molar-refractivity contribution in [3.8, 4) is 0 Å². The number of carboxylic acids is 1. The van der Waals surface area contributed by atoms with Gasteiger partial charge in [0, 0.05) is 32.0 Å². The number of likely N-dealkylation sites (tertiary alicyclic amines) is 1. The van der Waals surface area contributed by atoms with Crippen LogP contribution in [0.15, 0.2) is 24.5 Å². The van der Waals surface area contributed by atoms with Gasteiger partial charge in [-0.1, -0.05) is 0 Å². The number of carbonyl (C=O) groups excluding carboxylic acids is 1. The Balaban J connectivity index is 1.66. The minimum Gasteiger partial charge on any atom is -0.481 e. The summed E-state index contributed by atoms with van der Waals surface area (Å²) >= 11 is 0. The van der Waals surface area contributed by atoms with Crippen LogP contribution in [-0.4, -0.2) is 58.3 Å². The number of carboxylic acid groups (broad SMARTS) is 1. The molecular weight excluding hydrogens is 322 g/mol. The van der Waals surface area contributed by atoms with Crippen molar-refractivity contribution in [3.63, 3.8) is 0 Å². The van der Waals surface area contributed by atoms with Gasteiger partial charge in [0.15, 0.2) is 0 Å². The molecule has 1 aromatic heterocycles. The topological polar surface area (TPSA) is 83.0 Å². The molecule has 7 heteroatoms. The van der Waals surface area contributed by atoms with Gasteiger partial charge in [0.05, 0.1) is 12.0 Å². The third kappa shape index (κ3) is 4.28. The summed E-state index contributed by atoms with van der Waals surface area (Å²) in [5.74, 6) is -0.844. The van der Waals surface area contributed by atoms with Crippen LogP contribution in [0, 0.1) is 5.41 Å². The molecule has 0 aliphatic carbocycles. The third-order valence-corrected chi connectivity index (χ3v) is 5.11. The predicted octanol–water partition coefficient (Wildman–Crippen LogP) is 2.33. The van der Waals surface area contributed by atoms with Gasteiger partial charge in [-0.15, -0.1) is 5.06 Å². The van der Waals surface area contributed by atoms with Gasteiger partial charge < -0.3 is 14.8 Å². The van der Waals surface area contributed by atoms with Gasteiger partial charge in [-0.05, 0) is 56.2 Å². The Morgan fingerprint density at radius 2 is 1.84 bits per heavy atom. The van der Waals surface area contributed by atoms with Gasteiger partial charge >= 0.3 is 12.1 Å². The Hall–Kier alpha value is -2.15. The number of aliphatic carboxylic acids is 1. The van der Waals surface area contributed by atoms with Crippen molar-refractivity contribution in [2.24, 2.45) is 5.41 Å². The number of aromatic nitrogens is 1. The molecule has 3 rings (SSSR count). The number of rotatable bonds is 4. The highest BCUT2D eigenvalue weighted by Gasteiger charge is 2.44. The minimum atomic E-state index is -0.943. The van der Waals surface area contributed by atoms with Crippen LogP contribution in [0.25, 0.3) is 0 Å². The molecule has 0 spiro atoms.